The first-order chi connectivity index (χ1) is 18.4. The Morgan fingerprint density at radius 1 is 1.03 bits per heavy atom. The van der Waals surface area contributed by atoms with Gasteiger partial charge < -0.3 is 9.47 Å². The van der Waals surface area contributed by atoms with Crippen LogP contribution in [0.3, 0.4) is 0 Å². The van der Waals surface area contributed by atoms with Gasteiger partial charge in [-0.2, -0.15) is 5.26 Å². The Morgan fingerprint density at radius 2 is 1.74 bits per heavy atom. The fourth-order valence-corrected chi connectivity index (χ4v) is 6.49. The van der Waals surface area contributed by atoms with E-state index in [-0.39, 0.29) is 18.4 Å². The summed E-state index contributed by atoms with van der Waals surface area (Å²) in [7, 11) is 0. The van der Waals surface area contributed by atoms with E-state index in [0.717, 1.165) is 5.56 Å². The molecule has 0 radical (unpaired) electrons. The van der Waals surface area contributed by atoms with Crippen LogP contribution in [0.1, 0.15) is 37.3 Å². The van der Waals surface area contributed by atoms with Gasteiger partial charge >= 0.3 is 5.97 Å². The second kappa shape index (κ2) is 8.93. The number of nitrogens with zero attached hydrogens (tertiary/aromatic N) is 2. The molecule has 0 aromatic heterocycles. The lowest BCUT2D eigenvalue weighted by Gasteiger charge is -2.30. The standard InChI is InChI=1S/C31H26N2O5/c1-30-16-17-31(38-30,15-7-12-25(34)37-19-20-8-3-2-4-9-20)27-26(30)28(35)33(29(27)36)24-14-13-21(18-32)22-10-5-6-11-23(22)24/h2-14,26-27H,15-17,19H2,1H3/b12-7+/t26-,27+,30-,31+/m1/s1. The third-order valence-electron chi connectivity index (χ3n) is 8.22. The zero-order chi connectivity index (χ0) is 26.5. The van der Waals surface area contributed by atoms with Crippen molar-refractivity contribution in [2.24, 2.45) is 11.8 Å². The summed E-state index contributed by atoms with van der Waals surface area (Å²) in [5.74, 6) is -2.28. The van der Waals surface area contributed by atoms with E-state index >= 15 is 0 Å². The van der Waals surface area contributed by atoms with Gasteiger partial charge in [0.1, 0.15) is 6.61 Å². The Hall–Kier alpha value is -4.28. The number of ether oxygens (including phenoxy) is 2. The highest BCUT2D eigenvalue weighted by Gasteiger charge is 2.73. The molecule has 4 atom stereocenters. The zero-order valence-electron chi connectivity index (χ0n) is 20.9. The van der Waals surface area contributed by atoms with E-state index in [9.17, 15) is 19.6 Å². The van der Waals surface area contributed by atoms with Crippen molar-refractivity contribution in [3.63, 3.8) is 0 Å². The smallest absolute Gasteiger partial charge is 0.330 e. The van der Waals surface area contributed by atoms with Gasteiger partial charge in [-0.15, -0.1) is 0 Å². The number of fused-ring (bicyclic) bond motifs is 6. The molecule has 7 nitrogen and oxygen atoms in total. The van der Waals surface area contributed by atoms with Crippen LogP contribution in [-0.4, -0.2) is 29.0 Å². The number of rotatable bonds is 6. The Labute approximate surface area is 220 Å². The molecule has 0 saturated carbocycles. The van der Waals surface area contributed by atoms with Gasteiger partial charge in [-0.3, -0.25) is 9.59 Å². The lowest BCUT2D eigenvalue weighted by atomic mass is 9.67. The maximum absolute atomic E-state index is 13.9. The second-order valence-corrected chi connectivity index (χ2v) is 10.4. The molecule has 0 spiro atoms. The van der Waals surface area contributed by atoms with E-state index in [2.05, 4.69) is 6.07 Å². The Kier molecular flexibility index (Phi) is 5.66. The summed E-state index contributed by atoms with van der Waals surface area (Å²) < 4.78 is 11.8. The summed E-state index contributed by atoms with van der Waals surface area (Å²) >= 11 is 0. The fourth-order valence-electron chi connectivity index (χ4n) is 6.49. The Morgan fingerprint density at radius 3 is 2.50 bits per heavy atom. The van der Waals surface area contributed by atoms with Gasteiger partial charge in [-0.05, 0) is 43.9 Å². The van der Waals surface area contributed by atoms with Crippen molar-refractivity contribution < 1.29 is 23.9 Å². The molecule has 3 saturated heterocycles. The molecule has 3 aliphatic heterocycles. The summed E-state index contributed by atoms with van der Waals surface area (Å²) in [5, 5.41) is 10.9. The molecule has 3 heterocycles. The van der Waals surface area contributed by atoms with E-state index in [1.54, 1.807) is 18.2 Å². The molecular formula is C31H26N2O5. The first-order valence-electron chi connectivity index (χ1n) is 12.7. The summed E-state index contributed by atoms with van der Waals surface area (Å²) in [6, 6.07) is 22.2. The molecule has 3 fully saturated rings. The van der Waals surface area contributed by atoms with Gasteiger partial charge in [0.2, 0.25) is 11.8 Å². The topological polar surface area (TPSA) is 96.7 Å². The van der Waals surface area contributed by atoms with Gasteiger partial charge in [-0.1, -0.05) is 60.7 Å². The third kappa shape index (κ3) is 3.64. The summed E-state index contributed by atoms with van der Waals surface area (Å²) in [6.07, 6.45) is 4.66. The van der Waals surface area contributed by atoms with Crippen LogP contribution in [0.25, 0.3) is 10.8 Å². The van der Waals surface area contributed by atoms with Crippen LogP contribution < -0.4 is 4.90 Å². The van der Waals surface area contributed by atoms with Crippen LogP contribution in [0.15, 0.2) is 78.9 Å². The van der Waals surface area contributed by atoms with Crippen molar-refractivity contribution in [2.45, 2.75) is 44.0 Å². The molecule has 7 heteroatoms. The lowest BCUT2D eigenvalue weighted by molar-refractivity contribution is -0.139. The van der Waals surface area contributed by atoms with Crippen LogP contribution in [0.4, 0.5) is 5.69 Å². The average molecular weight is 507 g/mol. The Bertz CT molecular complexity index is 1540. The van der Waals surface area contributed by atoms with Gasteiger partial charge in [0, 0.05) is 16.8 Å². The first-order valence-corrected chi connectivity index (χ1v) is 12.7. The predicted molar refractivity (Wildman–Crippen MR) is 140 cm³/mol. The number of amides is 2. The molecular weight excluding hydrogens is 480 g/mol. The highest BCUT2D eigenvalue weighted by atomic mass is 16.5. The fraction of sp³-hybridized carbons (Fsp3) is 0.290. The van der Waals surface area contributed by atoms with Crippen molar-refractivity contribution in [2.75, 3.05) is 4.90 Å². The van der Waals surface area contributed by atoms with Crippen molar-refractivity contribution in [3.8, 4) is 6.07 Å². The summed E-state index contributed by atoms with van der Waals surface area (Å²) in [6.45, 7) is 2.08. The Balaban J connectivity index is 1.26. The highest BCUT2D eigenvalue weighted by Crippen LogP contribution is 2.62. The molecule has 3 aromatic rings. The maximum Gasteiger partial charge on any atom is 0.330 e. The van der Waals surface area contributed by atoms with Gasteiger partial charge in [0.15, 0.2) is 0 Å². The number of nitriles is 1. The summed E-state index contributed by atoms with van der Waals surface area (Å²) in [5.41, 5.74) is 0.254. The molecule has 0 unspecified atom stereocenters. The normalized spacial score (nSPS) is 27.7. The second-order valence-electron chi connectivity index (χ2n) is 10.4. The van der Waals surface area contributed by atoms with E-state index in [0.29, 0.717) is 41.3 Å². The van der Waals surface area contributed by atoms with Crippen LogP contribution in [0, 0.1) is 23.2 Å². The SMILES string of the molecule is C[C@]12CC[C@](C/C=C/C(=O)OCc3ccccc3)(O1)[C@@H]1C(=O)N(c3ccc(C#N)c4ccccc34)C(=O)[C@@H]12. The number of imide groups is 1. The molecule has 38 heavy (non-hydrogen) atoms. The lowest BCUT2D eigenvalue weighted by Crippen LogP contribution is -2.41. The minimum absolute atomic E-state index is 0.176. The molecule has 0 aliphatic carbocycles. The number of carbonyl (C=O) groups excluding carboxylic acids is 3. The number of esters is 1. The molecule has 190 valence electrons. The average Bonchev–Trinajstić information content (AvgIpc) is 3.51. The quantitative estimate of drug-likeness (QED) is 0.270. The largest absolute Gasteiger partial charge is 0.458 e. The van der Waals surface area contributed by atoms with Gasteiger partial charge in [-0.25, -0.2) is 9.69 Å². The molecule has 2 amide bonds. The number of carbonyl (C=O) groups is 3. The number of hydrogen-bond donors (Lipinski definition) is 0. The van der Waals surface area contributed by atoms with Crippen molar-refractivity contribution >= 4 is 34.2 Å². The predicted octanol–water partition coefficient (Wildman–Crippen LogP) is 4.83. The monoisotopic (exact) mass is 506 g/mol. The third-order valence-corrected chi connectivity index (χ3v) is 8.22. The maximum atomic E-state index is 13.9. The minimum atomic E-state index is -0.862. The van der Waals surface area contributed by atoms with Crippen molar-refractivity contribution in [3.05, 3.63) is 90.0 Å². The number of benzene rings is 3. The van der Waals surface area contributed by atoms with Crippen molar-refractivity contribution in [1.82, 2.24) is 0 Å². The molecule has 0 N–H and O–H groups in total. The van der Waals surface area contributed by atoms with Gasteiger partial charge in [0.25, 0.3) is 0 Å². The zero-order valence-corrected chi connectivity index (χ0v) is 20.9. The van der Waals surface area contributed by atoms with E-state index < -0.39 is 29.0 Å². The number of anilines is 1. The van der Waals surface area contributed by atoms with Crippen LogP contribution in [0.2, 0.25) is 0 Å². The molecule has 6 rings (SSSR count). The van der Waals surface area contributed by atoms with E-state index in [1.807, 2.05) is 61.5 Å². The molecule has 3 aromatic carbocycles. The van der Waals surface area contributed by atoms with Crippen LogP contribution in [0.5, 0.6) is 0 Å². The first kappa shape index (κ1) is 24.1. The number of hydrogen-bond acceptors (Lipinski definition) is 6. The van der Waals surface area contributed by atoms with Crippen molar-refractivity contribution in [1.29, 1.82) is 5.26 Å². The van der Waals surface area contributed by atoms with Crippen LogP contribution >= 0.6 is 0 Å². The highest BCUT2D eigenvalue weighted by molar-refractivity contribution is 6.26. The minimum Gasteiger partial charge on any atom is -0.458 e. The van der Waals surface area contributed by atoms with E-state index in [4.69, 9.17) is 9.47 Å². The van der Waals surface area contributed by atoms with Gasteiger partial charge in [0.05, 0.1) is 40.4 Å². The van der Waals surface area contributed by atoms with E-state index in [1.165, 1.54) is 11.0 Å². The summed E-state index contributed by atoms with van der Waals surface area (Å²) in [4.78, 5) is 41.3. The molecule has 3 aliphatic rings. The van der Waals surface area contributed by atoms with Crippen LogP contribution in [-0.2, 0) is 30.5 Å². The molecule has 2 bridgehead atoms.